The van der Waals surface area contributed by atoms with Gasteiger partial charge in [0.25, 0.3) is 0 Å². The van der Waals surface area contributed by atoms with Gasteiger partial charge in [0.05, 0.1) is 4.90 Å². The van der Waals surface area contributed by atoms with Crippen LogP contribution in [-0.2, 0) is 10.0 Å². The van der Waals surface area contributed by atoms with E-state index in [9.17, 15) is 8.42 Å². The minimum Gasteiger partial charge on any atom is -0.309 e. The highest BCUT2D eigenvalue weighted by molar-refractivity contribution is 7.99. The van der Waals surface area contributed by atoms with Crippen LogP contribution in [0.15, 0.2) is 29.2 Å². The van der Waals surface area contributed by atoms with Gasteiger partial charge in [-0.25, -0.2) is 13.1 Å². The molecule has 0 unspecified atom stereocenters. The molecule has 1 aromatic rings. The van der Waals surface area contributed by atoms with E-state index in [0.29, 0.717) is 10.1 Å². The molecule has 2 atom stereocenters. The standard InChI is InChI=1S/C13H22N2O2S2/c1-10(18-4)9-15-11(2)12-5-7-13(8-6-12)19(16,17)14-3/h5-8,10-11,14-15H,9H2,1-4H3/t10-,11+/m0/s1. The molecule has 0 saturated heterocycles. The molecule has 0 spiro atoms. The van der Waals surface area contributed by atoms with Gasteiger partial charge in [-0.3, -0.25) is 0 Å². The Morgan fingerprint density at radius 3 is 2.26 bits per heavy atom. The lowest BCUT2D eigenvalue weighted by Gasteiger charge is -2.17. The van der Waals surface area contributed by atoms with E-state index in [1.54, 1.807) is 12.1 Å². The Labute approximate surface area is 120 Å². The molecule has 19 heavy (non-hydrogen) atoms. The third-order valence-electron chi connectivity index (χ3n) is 3.07. The van der Waals surface area contributed by atoms with Crippen LogP contribution in [0.25, 0.3) is 0 Å². The van der Waals surface area contributed by atoms with E-state index in [-0.39, 0.29) is 6.04 Å². The molecule has 0 aromatic heterocycles. The Balaban J connectivity index is 2.71. The van der Waals surface area contributed by atoms with Crippen LogP contribution in [0.2, 0.25) is 0 Å². The van der Waals surface area contributed by atoms with Gasteiger partial charge in [-0.2, -0.15) is 11.8 Å². The van der Waals surface area contributed by atoms with Gasteiger partial charge >= 0.3 is 0 Å². The summed E-state index contributed by atoms with van der Waals surface area (Å²) in [4.78, 5) is 0.295. The molecule has 1 aromatic carbocycles. The van der Waals surface area contributed by atoms with Crippen molar-refractivity contribution >= 4 is 21.8 Å². The minimum absolute atomic E-state index is 0.209. The lowest BCUT2D eigenvalue weighted by Crippen LogP contribution is -2.25. The van der Waals surface area contributed by atoms with E-state index in [0.717, 1.165) is 12.1 Å². The van der Waals surface area contributed by atoms with E-state index in [2.05, 4.69) is 30.1 Å². The molecule has 0 aliphatic carbocycles. The molecule has 0 aliphatic heterocycles. The van der Waals surface area contributed by atoms with Crippen LogP contribution >= 0.6 is 11.8 Å². The Hall–Kier alpha value is -0.560. The molecule has 0 bridgehead atoms. The van der Waals surface area contributed by atoms with Crippen molar-refractivity contribution in [1.29, 1.82) is 0 Å². The third-order valence-corrected chi connectivity index (χ3v) is 5.47. The second-order valence-electron chi connectivity index (χ2n) is 4.45. The molecule has 0 heterocycles. The molecule has 0 fully saturated rings. The molecule has 0 aliphatic rings. The number of nitrogens with one attached hydrogen (secondary N) is 2. The van der Waals surface area contributed by atoms with Gasteiger partial charge in [0.2, 0.25) is 10.0 Å². The summed E-state index contributed by atoms with van der Waals surface area (Å²) in [6.07, 6.45) is 2.09. The van der Waals surface area contributed by atoms with Crippen LogP contribution in [-0.4, -0.2) is 33.5 Å². The van der Waals surface area contributed by atoms with Crippen LogP contribution in [0.1, 0.15) is 25.5 Å². The van der Waals surface area contributed by atoms with E-state index >= 15 is 0 Å². The van der Waals surface area contributed by atoms with Gasteiger partial charge < -0.3 is 5.32 Å². The maximum Gasteiger partial charge on any atom is 0.240 e. The van der Waals surface area contributed by atoms with Crippen molar-refractivity contribution in [2.45, 2.75) is 30.0 Å². The molecular formula is C13H22N2O2S2. The van der Waals surface area contributed by atoms with Crippen LogP contribution in [0.5, 0.6) is 0 Å². The molecular weight excluding hydrogens is 280 g/mol. The minimum atomic E-state index is -3.34. The molecule has 2 N–H and O–H groups in total. The van der Waals surface area contributed by atoms with Gasteiger partial charge in [-0.05, 0) is 37.9 Å². The summed E-state index contributed by atoms with van der Waals surface area (Å²) in [5.41, 5.74) is 1.09. The summed E-state index contributed by atoms with van der Waals surface area (Å²) in [5, 5.41) is 4.00. The van der Waals surface area contributed by atoms with Crippen molar-refractivity contribution < 1.29 is 8.42 Å². The van der Waals surface area contributed by atoms with E-state index in [1.165, 1.54) is 7.05 Å². The molecule has 6 heteroatoms. The summed E-state index contributed by atoms with van der Waals surface area (Å²) >= 11 is 1.82. The maximum absolute atomic E-state index is 11.6. The fourth-order valence-corrected chi connectivity index (χ4v) is 2.59. The molecule has 1 rings (SSSR count). The molecule has 4 nitrogen and oxygen atoms in total. The summed E-state index contributed by atoms with van der Waals surface area (Å²) in [7, 11) is -1.93. The highest BCUT2D eigenvalue weighted by Crippen LogP contribution is 2.16. The molecule has 0 radical (unpaired) electrons. The fraction of sp³-hybridized carbons (Fsp3) is 0.538. The van der Waals surface area contributed by atoms with Crippen molar-refractivity contribution in [1.82, 2.24) is 10.0 Å². The summed E-state index contributed by atoms with van der Waals surface area (Å²) in [6, 6.07) is 7.19. The number of hydrogen-bond acceptors (Lipinski definition) is 4. The van der Waals surface area contributed by atoms with E-state index in [1.807, 2.05) is 23.9 Å². The fourth-order valence-electron chi connectivity index (χ4n) is 1.60. The number of hydrogen-bond donors (Lipinski definition) is 2. The van der Waals surface area contributed by atoms with Crippen LogP contribution in [0.4, 0.5) is 0 Å². The average Bonchev–Trinajstić information content (AvgIpc) is 2.44. The normalized spacial score (nSPS) is 15.2. The lowest BCUT2D eigenvalue weighted by molar-refractivity contribution is 0.574. The van der Waals surface area contributed by atoms with Crippen LogP contribution in [0, 0.1) is 0 Å². The van der Waals surface area contributed by atoms with Gasteiger partial charge in [0.15, 0.2) is 0 Å². The third kappa shape index (κ3) is 4.80. The molecule has 0 amide bonds. The molecule has 108 valence electrons. The number of thioether (sulfide) groups is 1. The largest absolute Gasteiger partial charge is 0.309 e. The Kier molecular flexibility index (Phi) is 6.32. The van der Waals surface area contributed by atoms with Crippen LogP contribution in [0.3, 0.4) is 0 Å². The topological polar surface area (TPSA) is 58.2 Å². The predicted molar refractivity (Wildman–Crippen MR) is 82.1 cm³/mol. The van der Waals surface area contributed by atoms with Crippen molar-refractivity contribution in [2.75, 3.05) is 19.8 Å². The second kappa shape index (κ2) is 7.28. The Morgan fingerprint density at radius 2 is 1.79 bits per heavy atom. The first-order valence-corrected chi connectivity index (χ1v) is 8.97. The number of benzene rings is 1. The highest BCUT2D eigenvalue weighted by atomic mass is 32.2. The highest BCUT2D eigenvalue weighted by Gasteiger charge is 2.12. The average molecular weight is 302 g/mol. The first-order valence-electron chi connectivity index (χ1n) is 6.20. The van der Waals surface area contributed by atoms with Gasteiger partial charge in [0.1, 0.15) is 0 Å². The van der Waals surface area contributed by atoms with Crippen molar-refractivity contribution in [3.63, 3.8) is 0 Å². The zero-order chi connectivity index (χ0) is 14.5. The monoisotopic (exact) mass is 302 g/mol. The first kappa shape index (κ1) is 16.5. The summed E-state index contributed by atoms with van der Waals surface area (Å²) in [6.45, 7) is 5.18. The van der Waals surface area contributed by atoms with Crippen molar-refractivity contribution in [3.05, 3.63) is 29.8 Å². The zero-order valence-corrected chi connectivity index (χ0v) is 13.4. The summed E-state index contributed by atoms with van der Waals surface area (Å²) in [5.74, 6) is 0. The van der Waals surface area contributed by atoms with E-state index in [4.69, 9.17) is 0 Å². The SMILES string of the molecule is CNS(=O)(=O)c1ccc([C@@H](C)NC[C@H](C)SC)cc1. The number of sulfonamides is 1. The Bertz CT molecular complexity index is 486. The first-order chi connectivity index (χ1) is 8.90. The zero-order valence-electron chi connectivity index (χ0n) is 11.8. The van der Waals surface area contributed by atoms with Crippen LogP contribution < -0.4 is 10.0 Å². The second-order valence-corrected chi connectivity index (χ2v) is 7.62. The van der Waals surface area contributed by atoms with Gasteiger partial charge in [0, 0.05) is 17.8 Å². The summed E-state index contributed by atoms with van der Waals surface area (Å²) < 4.78 is 25.5. The Morgan fingerprint density at radius 1 is 1.21 bits per heavy atom. The van der Waals surface area contributed by atoms with Crippen molar-refractivity contribution in [3.8, 4) is 0 Å². The lowest BCUT2D eigenvalue weighted by atomic mass is 10.1. The van der Waals surface area contributed by atoms with Gasteiger partial charge in [-0.1, -0.05) is 19.1 Å². The van der Waals surface area contributed by atoms with Gasteiger partial charge in [-0.15, -0.1) is 0 Å². The number of rotatable bonds is 7. The molecule has 0 saturated carbocycles. The van der Waals surface area contributed by atoms with E-state index < -0.39 is 10.0 Å². The quantitative estimate of drug-likeness (QED) is 0.809. The van der Waals surface area contributed by atoms with Crippen molar-refractivity contribution in [2.24, 2.45) is 0 Å². The predicted octanol–water partition coefficient (Wildman–Crippen LogP) is 2.00. The maximum atomic E-state index is 11.6. The smallest absolute Gasteiger partial charge is 0.240 e.